The predicted molar refractivity (Wildman–Crippen MR) is 189 cm³/mol. The molecule has 1 unspecified atom stereocenters. The largest absolute Gasteiger partial charge is 0.469 e. The second kappa shape index (κ2) is 33.9. The maximum Gasteiger partial charge on any atom is 0.469 e. The number of rotatable bonds is 36. The lowest BCUT2D eigenvalue weighted by atomic mass is 10.0. The molecule has 46 heavy (non-hydrogen) atoms. The lowest BCUT2D eigenvalue weighted by molar-refractivity contribution is -0.161. The highest BCUT2D eigenvalue weighted by molar-refractivity contribution is 7.46. The molecule has 1 atom stereocenters. The van der Waals surface area contributed by atoms with Gasteiger partial charge in [-0.05, 0) is 12.8 Å². The van der Waals surface area contributed by atoms with Crippen LogP contribution in [0.1, 0.15) is 206 Å². The third-order valence-corrected chi connectivity index (χ3v) is 9.11. The Labute approximate surface area is 283 Å². The van der Waals surface area contributed by atoms with E-state index < -0.39 is 32.5 Å². The van der Waals surface area contributed by atoms with E-state index in [0.717, 1.165) is 32.1 Å². The molecule has 0 spiro atoms. The highest BCUT2D eigenvalue weighted by atomic mass is 31.2. The summed E-state index contributed by atoms with van der Waals surface area (Å²) in [5.74, 6) is -0.875. The van der Waals surface area contributed by atoms with Gasteiger partial charge >= 0.3 is 19.8 Å². The average molecular weight is 677 g/mol. The van der Waals surface area contributed by atoms with Crippen molar-refractivity contribution in [1.82, 2.24) is 0 Å². The zero-order valence-electron chi connectivity index (χ0n) is 30.0. The molecule has 0 saturated carbocycles. The van der Waals surface area contributed by atoms with Gasteiger partial charge in [0.05, 0.1) is 6.61 Å². The first-order valence-electron chi connectivity index (χ1n) is 19.3. The van der Waals surface area contributed by atoms with Gasteiger partial charge in [0.15, 0.2) is 6.10 Å². The number of carbonyl (C=O) groups is 2. The van der Waals surface area contributed by atoms with Gasteiger partial charge < -0.3 is 19.3 Å². The Balaban J connectivity index is 3.84. The number of esters is 2. The first kappa shape index (κ1) is 45.0. The van der Waals surface area contributed by atoms with Crippen LogP contribution in [0.5, 0.6) is 0 Å². The third kappa shape index (κ3) is 35.9. The van der Waals surface area contributed by atoms with E-state index in [2.05, 4.69) is 18.4 Å². The van der Waals surface area contributed by atoms with Crippen LogP contribution >= 0.6 is 7.82 Å². The number of hydrogen-bond donors (Lipinski definition) is 2. The molecule has 0 aliphatic carbocycles. The fourth-order valence-electron chi connectivity index (χ4n) is 5.73. The number of carbonyl (C=O) groups excluding carboxylic acids is 2. The van der Waals surface area contributed by atoms with Gasteiger partial charge in [0.25, 0.3) is 0 Å². The summed E-state index contributed by atoms with van der Waals surface area (Å²) >= 11 is 0. The van der Waals surface area contributed by atoms with Crippen molar-refractivity contribution in [3.63, 3.8) is 0 Å². The van der Waals surface area contributed by atoms with Crippen LogP contribution < -0.4 is 0 Å². The molecule has 0 aliphatic heterocycles. The standard InChI is InChI=1S/C37H73O8P/c1-3-5-7-9-11-13-14-15-16-17-18-19-20-21-22-24-26-28-30-32-37(39)45-35(34-44-46(40,41)42)33-43-36(38)31-29-27-25-23-12-10-8-6-4-2/h35H,3-34H2,1-2H3,(H2,40,41,42). The summed E-state index contributed by atoms with van der Waals surface area (Å²) in [4.78, 5) is 42.6. The number of hydrogen-bond acceptors (Lipinski definition) is 6. The van der Waals surface area contributed by atoms with Crippen LogP contribution in [0.15, 0.2) is 0 Å². The van der Waals surface area contributed by atoms with E-state index in [1.807, 2.05) is 0 Å². The Hall–Kier alpha value is -0.950. The normalized spacial score (nSPS) is 12.3. The van der Waals surface area contributed by atoms with E-state index in [9.17, 15) is 14.2 Å². The molecule has 2 N–H and O–H groups in total. The Morgan fingerprint density at radius 3 is 1.11 bits per heavy atom. The molecule has 0 saturated heterocycles. The second-order valence-electron chi connectivity index (χ2n) is 13.3. The minimum atomic E-state index is -4.74. The smallest absolute Gasteiger partial charge is 0.462 e. The molecular formula is C37H73O8P. The van der Waals surface area contributed by atoms with Gasteiger partial charge in [-0.2, -0.15) is 0 Å². The van der Waals surface area contributed by atoms with Gasteiger partial charge in [-0.3, -0.25) is 14.1 Å². The monoisotopic (exact) mass is 677 g/mol. The van der Waals surface area contributed by atoms with Crippen molar-refractivity contribution < 1.29 is 37.9 Å². The van der Waals surface area contributed by atoms with Gasteiger partial charge in [0.1, 0.15) is 6.61 Å². The van der Waals surface area contributed by atoms with Crippen LogP contribution in [-0.2, 0) is 28.2 Å². The second-order valence-corrected chi connectivity index (χ2v) is 14.5. The number of phosphoric ester groups is 1. The van der Waals surface area contributed by atoms with E-state index in [0.29, 0.717) is 6.42 Å². The van der Waals surface area contributed by atoms with Crippen molar-refractivity contribution in [2.24, 2.45) is 0 Å². The maximum absolute atomic E-state index is 12.3. The van der Waals surface area contributed by atoms with Crippen LogP contribution in [0, 0.1) is 0 Å². The van der Waals surface area contributed by atoms with Crippen molar-refractivity contribution >= 4 is 19.8 Å². The number of unbranched alkanes of at least 4 members (excludes halogenated alkanes) is 26. The van der Waals surface area contributed by atoms with Crippen LogP contribution in [0.25, 0.3) is 0 Å². The summed E-state index contributed by atoms with van der Waals surface area (Å²) in [5.41, 5.74) is 0. The first-order chi connectivity index (χ1) is 22.3. The molecule has 0 aromatic heterocycles. The maximum atomic E-state index is 12.3. The van der Waals surface area contributed by atoms with E-state index >= 15 is 0 Å². The minimum Gasteiger partial charge on any atom is -0.462 e. The molecule has 0 bridgehead atoms. The third-order valence-electron chi connectivity index (χ3n) is 8.63. The molecule has 0 aliphatic rings. The summed E-state index contributed by atoms with van der Waals surface area (Å²) in [6.45, 7) is 3.67. The topological polar surface area (TPSA) is 119 Å². The fourth-order valence-corrected chi connectivity index (χ4v) is 6.09. The van der Waals surface area contributed by atoms with Crippen molar-refractivity contribution in [3.05, 3.63) is 0 Å². The number of ether oxygens (including phenoxy) is 2. The zero-order valence-corrected chi connectivity index (χ0v) is 30.9. The molecule has 0 amide bonds. The molecule has 8 nitrogen and oxygen atoms in total. The summed E-state index contributed by atoms with van der Waals surface area (Å²) in [6, 6.07) is 0. The lowest BCUT2D eigenvalue weighted by Crippen LogP contribution is -2.29. The molecular weight excluding hydrogens is 603 g/mol. The van der Waals surface area contributed by atoms with Gasteiger partial charge in [-0.25, -0.2) is 4.57 Å². The molecule has 0 aromatic carbocycles. The van der Waals surface area contributed by atoms with Crippen molar-refractivity contribution in [2.75, 3.05) is 13.2 Å². The van der Waals surface area contributed by atoms with Gasteiger partial charge in [-0.15, -0.1) is 0 Å². The van der Waals surface area contributed by atoms with Crippen LogP contribution in [0.4, 0.5) is 0 Å². The molecule has 0 aromatic rings. The molecule has 0 rings (SSSR count). The van der Waals surface area contributed by atoms with Crippen LogP contribution in [-0.4, -0.2) is 41.0 Å². The van der Waals surface area contributed by atoms with E-state index in [1.165, 1.54) is 141 Å². The summed E-state index contributed by atoms with van der Waals surface area (Å²) < 4.78 is 26.3. The lowest BCUT2D eigenvalue weighted by Gasteiger charge is -2.18. The quantitative estimate of drug-likeness (QED) is 0.0382. The average Bonchev–Trinajstić information content (AvgIpc) is 3.02. The summed E-state index contributed by atoms with van der Waals surface area (Å²) in [6.07, 6.45) is 34.1. The fraction of sp³-hybridized carbons (Fsp3) is 0.946. The molecule has 0 radical (unpaired) electrons. The SMILES string of the molecule is CCCCCCCCCCCCCCCCCCCCCC(=O)OC(COC(=O)CCCCCCCCCCC)COP(=O)(O)O. The van der Waals surface area contributed by atoms with Gasteiger partial charge in [0.2, 0.25) is 0 Å². The van der Waals surface area contributed by atoms with Crippen molar-refractivity contribution in [1.29, 1.82) is 0 Å². The zero-order chi connectivity index (χ0) is 34.0. The Morgan fingerprint density at radius 2 is 0.783 bits per heavy atom. The first-order valence-corrected chi connectivity index (χ1v) is 20.9. The van der Waals surface area contributed by atoms with E-state index in [4.69, 9.17) is 19.3 Å². The van der Waals surface area contributed by atoms with Gasteiger partial charge in [0, 0.05) is 12.8 Å². The highest BCUT2D eigenvalue weighted by Crippen LogP contribution is 2.36. The van der Waals surface area contributed by atoms with E-state index in [-0.39, 0.29) is 19.4 Å². The summed E-state index contributed by atoms with van der Waals surface area (Å²) in [7, 11) is -4.74. The minimum absolute atomic E-state index is 0.220. The molecule has 0 heterocycles. The molecule has 9 heteroatoms. The highest BCUT2D eigenvalue weighted by Gasteiger charge is 2.22. The summed E-state index contributed by atoms with van der Waals surface area (Å²) in [5, 5.41) is 0. The van der Waals surface area contributed by atoms with Gasteiger partial charge in [-0.1, -0.05) is 181 Å². The Kier molecular flexibility index (Phi) is 33.2. The molecule has 274 valence electrons. The Bertz CT molecular complexity index is 726. The molecule has 0 fully saturated rings. The van der Waals surface area contributed by atoms with Crippen molar-refractivity contribution in [3.8, 4) is 0 Å². The Morgan fingerprint density at radius 1 is 0.478 bits per heavy atom. The predicted octanol–water partition coefficient (Wildman–Crippen LogP) is 11.3. The van der Waals surface area contributed by atoms with Crippen LogP contribution in [0.3, 0.4) is 0 Å². The number of phosphoric acid groups is 1. The van der Waals surface area contributed by atoms with E-state index in [1.54, 1.807) is 0 Å². The van der Waals surface area contributed by atoms with Crippen molar-refractivity contribution in [2.45, 2.75) is 213 Å². The van der Waals surface area contributed by atoms with Crippen LogP contribution in [0.2, 0.25) is 0 Å².